The van der Waals surface area contributed by atoms with Gasteiger partial charge in [-0.2, -0.15) is 0 Å². The number of hydrogen-bond donors (Lipinski definition) is 2. The van der Waals surface area contributed by atoms with Crippen LogP contribution in [0.15, 0.2) is 23.8 Å². The fraction of sp³-hybridized carbons (Fsp3) is 0.818. The van der Waals surface area contributed by atoms with Crippen LogP contribution in [-0.2, 0) is 14.2 Å². The minimum absolute atomic E-state index is 0.0412. The average molecular weight is 379 g/mol. The second-order valence-corrected chi connectivity index (χ2v) is 9.04. The molecule has 0 amide bonds. The summed E-state index contributed by atoms with van der Waals surface area (Å²) in [6, 6.07) is 0. The normalized spacial score (nSPS) is 44.9. The lowest BCUT2D eigenvalue weighted by Crippen LogP contribution is -2.52. The van der Waals surface area contributed by atoms with Crippen LogP contribution in [0, 0.1) is 22.7 Å². The van der Waals surface area contributed by atoms with Gasteiger partial charge in [-0.15, -0.1) is 0 Å². The van der Waals surface area contributed by atoms with Gasteiger partial charge in [0.15, 0.2) is 0 Å². The van der Waals surface area contributed by atoms with Crippen molar-refractivity contribution in [3.63, 3.8) is 0 Å². The highest BCUT2D eigenvalue weighted by Gasteiger charge is 2.71. The monoisotopic (exact) mass is 378 g/mol. The largest absolute Gasteiger partial charge is 0.396 e. The van der Waals surface area contributed by atoms with Crippen molar-refractivity contribution >= 4 is 0 Å². The Bertz CT molecular complexity index is 612. The molecule has 0 aromatic heterocycles. The summed E-state index contributed by atoms with van der Waals surface area (Å²) in [6.45, 7) is 3.49. The molecule has 0 saturated heterocycles. The molecule has 0 radical (unpaired) electrons. The van der Waals surface area contributed by atoms with Gasteiger partial charge in [0.05, 0.1) is 24.9 Å². The van der Waals surface area contributed by atoms with Gasteiger partial charge in [-0.05, 0) is 62.4 Å². The maximum absolute atomic E-state index is 11.2. The van der Waals surface area contributed by atoms with Crippen LogP contribution < -0.4 is 0 Å². The van der Waals surface area contributed by atoms with Crippen LogP contribution in [0.3, 0.4) is 0 Å². The van der Waals surface area contributed by atoms with E-state index >= 15 is 0 Å². The Morgan fingerprint density at radius 3 is 2.89 bits per heavy atom. The first-order valence-corrected chi connectivity index (χ1v) is 10.4. The Kier molecular flexibility index (Phi) is 5.27. The smallest absolute Gasteiger partial charge is 0.146 e. The van der Waals surface area contributed by atoms with Crippen LogP contribution in [0.2, 0.25) is 0 Å². The molecule has 4 aliphatic rings. The van der Waals surface area contributed by atoms with Gasteiger partial charge in [0.25, 0.3) is 0 Å². The zero-order valence-corrected chi connectivity index (χ0v) is 16.7. The lowest BCUT2D eigenvalue weighted by molar-refractivity contribution is -0.100. The average Bonchev–Trinajstić information content (AvgIpc) is 2.76. The molecule has 0 aromatic carbocycles. The van der Waals surface area contributed by atoms with Crippen LogP contribution in [0.5, 0.6) is 0 Å². The van der Waals surface area contributed by atoms with Crippen LogP contribution >= 0.6 is 0 Å². The predicted molar refractivity (Wildman–Crippen MR) is 102 cm³/mol. The molecule has 0 heterocycles. The van der Waals surface area contributed by atoms with Gasteiger partial charge in [0.1, 0.15) is 6.79 Å². The molecule has 0 aliphatic heterocycles. The van der Waals surface area contributed by atoms with E-state index in [0.29, 0.717) is 19.1 Å². The van der Waals surface area contributed by atoms with Crippen LogP contribution in [0.1, 0.15) is 45.4 Å². The van der Waals surface area contributed by atoms with E-state index in [0.717, 1.165) is 38.5 Å². The van der Waals surface area contributed by atoms with Crippen molar-refractivity contribution in [2.75, 3.05) is 33.7 Å². The van der Waals surface area contributed by atoms with Crippen molar-refractivity contribution in [2.24, 2.45) is 22.7 Å². The third-order valence-corrected chi connectivity index (χ3v) is 7.85. The molecule has 2 fully saturated rings. The van der Waals surface area contributed by atoms with Crippen LogP contribution in [0.4, 0.5) is 0 Å². The zero-order chi connectivity index (χ0) is 19.1. The minimum atomic E-state index is -0.755. The summed E-state index contributed by atoms with van der Waals surface area (Å²) < 4.78 is 16.9. The van der Waals surface area contributed by atoms with E-state index < -0.39 is 5.60 Å². The lowest BCUT2D eigenvalue weighted by atomic mass is 9.51. The Hall–Kier alpha value is -0.720. The van der Waals surface area contributed by atoms with Crippen LogP contribution in [0.25, 0.3) is 0 Å². The van der Waals surface area contributed by atoms with Crippen LogP contribution in [-0.4, -0.2) is 55.6 Å². The maximum atomic E-state index is 11.2. The highest BCUT2D eigenvalue weighted by Crippen LogP contribution is 2.74. The molecule has 27 heavy (non-hydrogen) atoms. The highest BCUT2D eigenvalue weighted by molar-refractivity contribution is 5.41. The number of rotatable bonds is 8. The first-order chi connectivity index (χ1) is 13.0. The van der Waals surface area contributed by atoms with Crippen molar-refractivity contribution in [3.05, 3.63) is 23.8 Å². The highest BCUT2D eigenvalue weighted by atomic mass is 16.7. The third-order valence-electron chi connectivity index (χ3n) is 7.85. The summed E-state index contributed by atoms with van der Waals surface area (Å²) >= 11 is 0. The Labute approximate surface area is 162 Å². The number of methoxy groups -OCH3 is 1. The molecule has 5 nitrogen and oxygen atoms in total. The van der Waals surface area contributed by atoms with E-state index in [1.807, 2.05) is 6.92 Å². The van der Waals surface area contributed by atoms with Gasteiger partial charge in [-0.1, -0.05) is 18.2 Å². The number of aliphatic hydroxyl groups is 2. The van der Waals surface area contributed by atoms with E-state index in [2.05, 4.69) is 18.2 Å². The van der Waals surface area contributed by atoms with E-state index in [1.54, 1.807) is 7.11 Å². The second-order valence-electron chi connectivity index (χ2n) is 9.04. The summed E-state index contributed by atoms with van der Waals surface area (Å²) in [6.07, 6.45) is 12.7. The molecule has 1 unspecified atom stereocenters. The molecule has 2 saturated carbocycles. The van der Waals surface area contributed by atoms with E-state index in [9.17, 15) is 10.2 Å². The first-order valence-electron chi connectivity index (χ1n) is 10.4. The zero-order valence-electron chi connectivity index (χ0n) is 16.7. The van der Waals surface area contributed by atoms with Gasteiger partial charge in [0, 0.05) is 25.0 Å². The lowest BCUT2D eigenvalue weighted by Gasteiger charge is -2.55. The van der Waals surface area contributed by atoms with Gasteiger partial charge < -0.3 is 24.4 Å². The van der Waals surface area contributed by atoms with Crippen molar-refractivity contribution < 1.29 is 24.4 Å². The van der Waals surface area contributed by atoms with E-state index in [1.165, 1.54) is 5.57 Å². The standard InChI is InChI=1S/C22H34O5/c1-20(24)8-4-9-22-17(20)7-10-21(11-12-23)16(5-3-6-18(21)22)19(22)27-14-13-26-15-25-2/h3,5,7,16,18-19,23-24H,4,6,8-15H2,1-2H3/t16-,18+,19?,20-,21+,22+/m0/s1. The topological polar surface area (TPSA) is 68.2 Å². The molecule has 0 aromatic rings. The van der Waals surface area contributed by atoms with E-state index in [4.69, 9.17) is 14.2 Å². The van der Waals surface area contributed by atoms with Gasteiger partial charge >= 0.3 is 0 Å². The Morgan fingerprint density at radius 1 is 1.26 bits per heavy atom. The van der Waals surface area contributed by atoms with E-state index in [-0.39, 0.29) is 36.3 Å². The fourth-order valence-corrected chi connectivity index (χ4v) is 7.08. The number of hydrogen-bond acceptors (Lipinski definition) is 5. The Balaban J connectivity index is 1.69. The molecule has 6 atom stereocenters. The summed E-state index contributed by atoms with van der Waals surface area (Å²) in [5, 5.41) is 21.1. The summed E-state index contributed by atoms with van der Waals surface area (Å²) in [4.78, 5) is 0. The van der Waals surface area contributed by atoms with Crippen molar-refractivity contribution in [2.45, 2.75) is 57.2 Å². The summed E-state index contributed by atoms with van der Waals surface area (Å²) in [5.41, 5.74) is 0.382. The maximum Gasteiger partial charge on any atom is 0.146 e. The first kappa shape index (κ1) is 19.6. The number of ether oxygens (including phenoxy) is 3. The summed E-state index contributed by atoms with van der Waals surface area (Å²) in [5.74, 6) is 0.720. The number of allylic oxidation sites excluding steroid dienone is 2. The predicted octanol–water partition coefficient (Wildman–Crippen LogP) is 2.82. The SMILES string of the molecule is COCOCCOC1[C@@H]2C=CC[C@@H]3[C@@]2(CCO)CC=C2[C@@](C)(O)CCC[C@]213. The molecule has 1 spiro atoms. The molecule has 2 N–H and O–H groups in total. The van der Waals surface area contributed by atoms with Gasteiger partial charge in [-0.25, -0.2) is 0 Å². The van der Waals surface area contributed by atoms with Crippen molar-refractivity contribution in [3.8, 4) is 0 Å². The van der Waals surface area contributed by atoms with Crippen molar-refractivity contribution in [1.29, 1.82) is 0 Å². The molecule has 4 rings (SSSR count). The molecular weight excluding hydrogens is 344 g/mol. The molecule has 4 bridgehead atoms. The van der Waals surface area contributed by atoms with Crippen molar-refractivity contribution in [1.82, 2.24) is 0 Å². The quantitative estimate of drug-likeness (QED) is 0.386. The molecular formula is C22H34O5. The molecule has 5 heteroatoms. The summed E-state index contributed by atoms with van der Waals surface area (Å²) in [7, 11) is 1.62. The number of aliphatic hydroxyl groups excluding tert-OH is 1. The minimum Gasteiger partial charge on any atom is -0.396 e. The molecule has 4 aliphatic carbocycles. The van der Waals surface area contributed by atoms with Gasteiger partial charge in [-0.3, -0.25) is 0 Å². The molecule has 152 valence electrons. The third kappa shape index (κ3) is 2.77. The fourth-order valence-electron chi connectivity index (χ4n) is 7.08. The van der Waals surface area contributed by atoms with Gasteiger partial charge in [0.2, 0.25) is 0 Å². The second kappa shape index (κ2) is 7.27. The Morgan fingerprint density at radius 2 is 2.11 bits per heavy atom.